The van der Waals surface area contributed by atoms with Crippen molar-refractivity contribution in [2.24, 2.45) is 0 Å². The third-order valence-electron chi connectivity index (χ3n) is 3.34. The van der Waals surface area contributed by atoms with Gasteiger partial charge < -0.3 is 5.32 Å². The minimum atomic E-state index is 0.435. The molecule has 100 valence electrons. The van der Waals surface area contributed by atoms with E-state index in [0.717, 1.165) is 32.2 Å². The lowest BCUT2D eigenvalue weighted by atomic mass is 10.00. The summed E-state index contributed by atoms with van der Waals surface area (Å²) >= 11 is 1.83. The summed E-state index contributed by atoms with van der Waals surface area (Å²) in [4.78, 5) is 0. The van der Waals surface area contributed by atoms with Gasteiger partial charge in [0.15, 0.2) is 0 Å². The molecule has 1 nitrogen and oxygen atoms in total. The van der Waals surface area contributed by atoms with Gasteiger partial charge in [0.2, 0.25) is 0 Å². The molecule has 1 N–H and O–H groups in total. The van der Waals surface area contributed by atoms with Crippen LogP contribution in [0.5, 0.6) is 0 Å². The summed E-state index contributed by atoms with van der Waals surface area (Å²) < 4.78 is 1.37. The molecule has 19 heavy (non-hydrogen) atoms. The van der Waals surface area contributed by atoms with Gasteiger partial charge >= 0.3 is 0 Å². The predicted molar refractivity (Wildman–Crippen MR) is 85.5 cm³/mol. The Morgan fingerprint density at radius 2 is 2.21 bits per heavy atom. The lowest BCUT2D eigenvalue weighted by molar-refractivity contribution is 0.491. The number of benzene rings is 1. The van der Waals surface area contributed by atoms with E-state index in [4.69, 9.17) is 6.42 Å². The van der Waals surface area contributed by atoms with Crippen molar-refractivity contribution in [3.05, 3.63) is 35.2 Å². The van der Waals surface area contributed by atoms with Crippen molar-refractivity contribution in [2.45, 2.75) is 38.6 Å². The highest BCUT2D eigenvalue weighted by atomic mass is 32.1. The SMILES string of the molecule is C#CCCCC(NCCC)c1csc2ccccc12. The van der Waals surface area contributed by atoms with E-state index in [9.17, 15) is 0 Å². The van der Waals surface area contributed by atoms with Crippen LogP contribution in [-0.2, 0) is 0 Å². The van der Waals surface area contributed by atoms with Crippen LogP contribution in [0.3, 0.4) is 0 Å². The highest BCUT2D eigenvalue weighted by Gasteiger charge is 2.14. The molecule has 1 unspecified atom stereocenters. The second-order valence-corrected chi connectivity index (χ2v) is 5.70. The number of unbranched alkanes of at least 4 members (excludes halogenated alkanes) is 1. The van der Waals surface area contributed by atoms with Gasteiger partial charge in [0.05, 0.1) is 0 Å². The molecular formula is C17H21NS. The first-order valence-corrected chi connectivity index (χ1v) is 7.87. The summed E-state index contributed by atoms with van der Waals surface area (Å²) in [5, 5.41) is 7.35. The van der Waals surface area contributed by atoms with Crippen LogP contribution in [0.2, 0.25) is 0 Å². The van der Waals surface area contributed by atoms with Crippen LogP contribution in [0.1, 0.15) is 44.2 Å². The minimum Gasteiger partial charge on any atom is -0.310 e. The minimum absolute atomic E-state index is 0.435. The van der Waals surface area contributed by atoms with Crippen molar-refractivity contribution >= 4 is 21.4 Å². The topological polar surface area (TPSA) is 12.0 Å². The number of fused-ring (bicyclic) bond motifs is 1. The first kappa shape index (κ1) is 14.1. The molecule has 0 aliphatic carbocycles. The van der Waals surface area contributed by atoms with Crippen molar-refractivity contribution in [1.29, 1.82) is 0 Å². The summed E-state index contributed by atoms with van der Waals surface area (Å²) in [6, 6.07) is 9.08. The van der Waals surface area contributed by atoms with Crippen LogP contribution >= 0.6 is 11.3 Å². The largest absolute Gasteiger partial charge is 0.310 e. The zero-order valence-electron chi connectivity index (χ0n) is 11.5. The molecule has 0 fully saturated rings. The van der Waals surface area contributed by atoms with Crippen LogP contribution in [0.25, 0.3) is 10.1 Å². The monoisotopic (exact) mass is 271 g/mol. The van der Waals surface area contributed by atoms with E-state index in [-0.39, 0.29) is 0 Å². The molecule has 1 atom stereocenters. The molecule has 0 aliphatic heterocycles. The normalized spacial score (nSPS) is 12.4. The third-order valence-corrected chi connectivity index (χ3v) is 4.32. The van der Waals surface area contributed by atoms with Crippen molar-refractivity contribution < 1.29 is 0 Å². The maximum Gasteiger partial charge on any atom is 0.0346 e. The number of hydrogen-bond acceptors (Lipinski definition) is 2. The van der Waals surface area contributed by atoms with Gasteiger partial charge in [-0.2, -0.15) is 0 Å². The molecule has 0 saturated heterocycles. The van der Waals surface area contributed by atoms with E-state index in [2.05, 4.69) is 47.8 Å². The third kappa shape index (κ3) is 3.59. The fourth-order valence-electron chi connectivity index (χ4n) is 2.36. The summed E-state index contributed by atoms with van der Waals surface area (Å²) in [6.45, 7) is 3.27. The molecule has 2 heteroatoms. The average Bonchev–Trinajstić information content (AvgIpc) is 2.87. The lowest BCUT2D eigenvalue weighted by Gasteiger charge is -2.18. The average molecular weight is 271 g/mol. The molecule has 2 rings (SSSR count). The van der Waals surface area contributed by atoms with Crippen molar-refractivity contribution in [1.82, 2.24) is 5.32 Å². The van der Waals surface area contributed by atoms with Gasteiger partial charge in [-0.3, -0.25) is 0 Å². The number of rotatable bonds is 7. The van der Waals surface area contributed by atoms with E-state index in [1.807, 2.05) is 11.3 Å². The molecule has 1 aromatic heterocycles. The van der Waals surface area contributed by atoms with Crippen molar-refractivity contribution in [3.8, 4) is 12.3 Å². The number of thiophene rings is 1. The smallest absolute Gasteiger partial charge is 0.0346 e. The van der Waals surface area contributed by atoms with Crippen molar-refractivity contribution in [2.75, 3.05) is 6.54 Å². The Labute approximate surface area is 120 Å². The van der Waals surface area contributed by atoms with Gasteiger partial charge in [0, 0.05) is 17.2 Å². The van der Waals surface area contributed by atoms with Crippen LogP contribution in [0, 0.1) is 12.3 Å². The zero-order valence-corrected chi connectivity index (χ0v) is 12.3. The first-order chi connectivity index (χ1) is 9.36. The molecule has 1 heterocycles. The Morgan fingerprint density at radius 1 is 1.37 bits per heavy atom. The Morgan fingerprint density at radius 3 is 3.00 bits per heavy atom. The fraction of sp³-hybridized carbons (Fsp3) is 0.412. The van der Waals surface area contributed by atoms with Gasteiger partial charge in [-0.15, -0.1) is 23.7 Å². The fourth-order valence-corrected chi connectivity index (χ4v) is 3.38. The quantitative estimate of drug-likeness (QED) is 0.566. The van der Waals surface area contributed by atoms with E-state index in [0.29, 0.717) is 6.04 Å². The van der Waals surface area contributed by atoms with Gasteiger partial charge in [-0.25, -0.2) is 0 Å². The molecule has 0 radical (unpaired) electrons. The molecule has 0 spiro atoms. The maximum atomic E-state index is 5.36. The lowest BCUT2D eigenvalue weighted by Crippen LogP contribution is -2.21. The van der Waals surface area contributed by atoms with Crippen LogP contribution in [-0.4, -0.2) is 6.54 Å². The van der Waals surface area contributed by atoms with Crippen molar-refractivity contribution in [3.63, 3.8) is 0 Å². The standard InChI is InChI=1S/C17H21NS/c1-3-5-6-10-16(18-12-4-2)15-13-19-17-11-8-7-9-14(15)17/h1,7-9,11,13,16,18H,4-6,10,12H2,2H3. The predicted octanol–water partition coefficient (Wildman–Crippen LogP) is 4.75. The van der Waals surface area contributed by atoms with E-state index < -0.39 is 0 Å². The molecule has 2 aromatic rings. The molecule has 0 saturated carbocycles. The van der Waals surface area contributed by atoms with Crippen LogP contribution < -0.4 is 5.32 Å². The molecule has 0 aliphatic rings. The Bertz CT molecular complexity index is 550. The second kappa shape index (κ2) is 7.33. The van der Waals surface area contributed by atoms with Gasteiger partial charge in [0.25, 0.3) is 0 Å². The highest BCUT2D eigenvalue weighted by molar-refractivity contribution is 7.17. The van der Waals surface area contributed by atoms with E-state index >= 15 is 0 Å². The molecule has 0 amide bonds. The highest BCUT2D eigenvalue weighted by Crippen LogP contribution is 2.32. The van der Waals surface area contributed by atoms with E-state index in [1.165, 1.54) is 15.6 Å². The first-order valence-electron chi connectivity index (χ1n) is 6.99. The summed E-state index contributed by atoms with van der Waals surface area (Å²) in [5.74, 6) is 2.74. The number of terminal acetylenes is 1. The Balaban J connectivity index is 2.18. The van der Waals surface area contributed by atoms with Gasteiger partial charge in [-0.05, 0) is 48.2 Å². The summed E-state index contributed by atoms with van der Waals surface area (Å²) in [5.41, 5.74) is 1.44. The van der Waals surface area contributed by atoms with Gasteiger partial charge in [-0.1, -0.05) is 25.1 Å². The van der Waals surface area contributed by atoms with Crippen LogP contribution in [0.4, 0.5) is 0 Å². The van der Waals surface area contributed by atoms with Gasteiger partial charge in [0.1, 0.15) is 0 Å². The Kier molecular flexibility index (Phi) is 5.44. The number of hydrogen-bond donors (Lipinski definition) is 1. The second-order valence-electron chi connectivity index (χ2n) is 4.79. The van der Waals surface area contributed by atoms with E-state index in [1.54, 1.807) is 0 Å². The molecular weight excluding hydrogens is 250 g/mol. The number of nitrogens with one attached hydrogen (secondary N) is 1. The molecule has 0 bridgehead atoms. The summed E-state index contributed by atoms with van der Waals surface area (Å²) in [6.07, 6.45) is 9.58. The van der Waals surface area contributed by atoms with Crippen LogP contribution in [0.15, 0.2) is 29.6 Å². The Hall–Kier alpha value is -1.30. The zero-order chi connectivity index (χ0) is 13.5. The summed E-state index contributed by atoms with van der Waals surface area (Å²) in [7, 11) is 0. The molecule has 1 aromatic carbocycles. The maximum absolute atomic E-state index is 5.36.